The summed E-state index contributed by atoms with van der Waals surface area (Å²) >= 11 is 0. The number of aliphatic hydroxyl groups is 1. The summed E-state index contributed by atoms with van der Waals surface area (Å²) in [7, 11) is 0. The van der Waals surface area contributed by atoms with Gasteiger partial charge in [-0.1, -0.05) is 20.3 Å². The monoisotopic (exact) mass is 252 g/mol. The van der Waals surface area contributed by atoms with Crippen LogP contribution in [0.25, 0.3) is 0 Å². The maximum absolute atomic E-state index is 11.8. The number of rotatable bonds is 6. The topological polar surface area (TPSA) is 75.4 Å². The predicted octanol–water partition coefficient (Wildman–Crippen LogP) is 1.06. The third-order valence-corrected chi connectivity index (χ3v) is 2.79. The number of nitrogens with one attached hydrogen (secondary N) is 1. The number of halogens is 1. The summed E-state index contributed by atoms with van der Waals surface area (Å²) in [6, 6.07) is -0.0535. The summed E-state index contributed by atoms with van der Waals surface area (Å²) < 4.78 is 0. The first-order chi connectivity index (χ1) is 6.85. The average molecular weight is 253 g/mol. The molecule has 5 heteroatoms. The maximum atomic E-state index is 11.8. The molecule has 0 fully saturated rings. The van der Waals surface area contributed by atoms with E-state index < -0.39 is 5.54 Å². The van der Waals surface area contributed by atoms with Crippen molar-refractivity contribution in [2.75, 3.05) is 6.61 Å². The van der Waals surface area contributed by atoms with Crippen molar-refractivity contribution < 1.29 is 9.90 Å². The number of carbonyl (C=O) groups excluding carboxylic acids is 1. The van der Waals surface area contributed by atoms with Gasteiger partial charge in [-0.2, -0.15) is 0 Å². The van der Waals surface area contributed by atoms with Crippen molar-refractivity contribution in [2.24, 2.45) is 11.7 Å². The summed E-state index contributed by atoms with van der Waals surface area (Å²) in [5.74, 6) is -0.0940. The zero-order valence-corrected chi connectivity index (χ0v) is 11.4. The minimum Gasteiger partial charge on any atom is -0.396 e. The zero-order valence-electron chi connectivity index (χ0n) is 10.6. The van der Waals surface area contributed by atoms with E-state index in [4.69, 9.17) is 10.8 Å². The van der Waals surface area contributed by atoms with Crippen LogP contribution in [0, 0.1) is 5.92 Å². The van der Waals surface area contributed by atoms with E-state index in [-0.39, 0.29) is 36.9 Å². The average Bonchev–Trinajstić information content (AvgIpc) is 2.16. The standard InChI is InChI=1S/C11H24N2O2.ClH/c1-5-6-11(4,12)10(15)13-9(3)8(2)7-14;/h8-9,14H,5-7,12H2,1-4H3,(H,13,15);1H. The van der Waals surface area contributed by atoms with Gasteiger partial charge >= 0.3 is 0 Å². The molecule has 0 saturated heterocycles. The second-order valence-electron chi connectivity index (χ2n) is 4.59. The normalized spacial score (nSPS) is 17.9. The van der Waals surface area contributed by atoms with Gasteiger partial charge < -0.3 is 16.2 Å². The first-order valence-corrected chi connectivity index (χ1v) is 5.55. The third kappa shape index (κ3) is 5.68. The Kier molecular flexibility index (Phi) is 8.88. The van der Waals surface area contributed by atoms with Gasteiger partial charge in [0, 0.05) is 12.6 Å². The Morgan fingerprint density at radius 1 is 1.50 bits per heavy atom. The number of nitrogens with two attached hydrogens (primary N) is 1. The molecule has 0 spiro atoms. The van der Waals surface area contributed by atoms with E-state index in [2.05, 4.69) is 5.32 Å². The van der Waals surface area contributed by atoms with Gasteiger partial charge in [-0.3, -0.25) is 4.79 Å². The largest absolute Gasteiger partial charge is 0.396 e. The number of aliphatic hydroxyl groups excluding tert-OH is 1. The van der Waals surface area contributed by atoms with Crippen molar-refractivity contribution in [3.8, 4) is 0 Å². The fraction of sp³-hybridized carbons (Fsp3) is 0.909. The fourth-order valence-corrected chi connectivity index (χ4v) is 1.30. The number of carbonyl (C=O) groups is 1. The lowest BCUT2D eigenvalue weighted by Crippen LogP contribution is -2.54. The van der Waals surface area contributed by atoms with Gasteiger partial charge in [0.2, 0.25) is 5.91 Å². The Morgan fingerprint density at radius 2 is 2.00 bits per heavy atom. The van der Waals surface area contributed by atoms with Gasteiger partial charge in [-0.05, 0) is 26.2 Å². The molecule has 0 rings (SSSR count). The third-order valence-electron chi connectivity index (χ3n) is 2.79. The molecule has 0 aromatic rings. The van der Waals surface area contributed by atoms with Crippen LogP contribution in [0.4, 0.5) is 0 Å². The minimum absolute atomic E-state index is 0. The van der Waals surface area contributed by atoms with Crippen LogP contribution in [0.5, 0.6) is 0 Å². The number of hydrogen-bond acceptors (Lipinski definition) is 3. The molecule has 0 aliphatic heterocycles. The lowest BCUT2D eigenvalue weighted by Gasteiger charge is -2.27. The highest BCUT2D eigenvalue weighted by molar-refractivity contribution is 5.86. The molecule has 0 radical (unpaired) electrons. The molecule has 0 aromatic heterocycles. The van der Waals surface area contributed by atoms with E-state index in [9.17, 15) is 4.79 Å². The van der Waals surface area contributed by atoms with Gasteiger partial charge in [0.1, 0.15) is 0 Å². The molecule has 3 atom stereocenters. The zero-order chi connectivity index (χ0) is 12.1. The number of amides is 1. The first-order valence-electron chi connectivity index (χ1n) is 5.55. The van der Waals surface area contributed by atoms with Crippen LogP contribution in [0.1, 0.15) is 40.5 Å². The van der Waals surface area contributed by atoms with Crippen molar-refractivity contribution in [3.63, 3.8) is 0 Å². The molecule has 0 aliphatic rings. The van der Waals surface area contributed by atoms with Crippen LogP contribution in [0.3, 0.4) is 0 Å². The van der Waals surface area contributed by atoms with Crippen LogP contribution in [-0.4, -0.2) is 29.2 Å². The summed E-state index contributed by atoms with van der Waals surface area (Å²) in [4.78, 5) is 11.8. The number of hydrogen-bond donors (Lipinski definition) is 3. The van der Waals surface area contributed by atoms with E-state index in [1.807, 2.05) is 20.8 Å². The molecular formula is C11H25ClN2O2. The van der Waals surface area contributed by atoms with Crippen molar-refractivity contribution in [2.45, 2.75) is 52.1 Å². The SMILES string of the molecule is CCCC(C)(N)C(=O)NC(C)C(C)CO.Cl. The van der Waals surface area contributed by atoms with Crippen LogP contribution in [0.15, 0.2) is 0 Å². The van der Waals surface area contributed by atoms with Gasteiger partial charge in [-0.15, -0.1) is 12.4 Å². The van der Waals surface area contributed by atoms with E-state index >= 15 is 0 Å². The Bertz CT molecular complexity index is 210. The molecule has 0 heterocycles. The molecular weight excluding hydrogens is 228 g/mol. The lowest BCUT2D eigenvalue weighted by molar-refractivity contribution is -0.127. The van der Waals surface area contributed by atoms with Crippen molar-refractivity contribution in [1.82, 2.24) is 5.32 Å². The van der Waals surface area contributed by atoms with Crippen LogP contribution < -0.4 is 11.1 Å². The molecule has 16 heavy (non-hydrogen) atoms. The fourth-order valence-electron chi connectivity index (χ4n) is 1.30. The Hall–Kier alpha value is -0.320. The van der Waals surface area contributed by atoms with Crippen molar-refractivity contribution in [3.05, 3.63) is 0 Å². The first kappa shape index (κ1) is 18.1. The molecule has 0 aromatic carbocycles. The molecule has 1 amide bonds. The Morgan fingerprint density at radius 3 is 2.38 bits per heavy atom. The van der Waals surface area contributed by atoms with Crippen LogP contribution in [0.2, 0.25) is 0 Å². The molecule has 0 saturated carbocycles. The van der Waals surface area contributed by atoms with E-state index in [1.165, 1.54) is 0 Å². The van der Waals surface area contributed by atoms with Gasteiger partial charge in [0.05, 0.1) is 5.54 Å². The highest BCUT2D eigenvalue weighted by Gasteiger charge is 2.28. The van der Waals surface area contributed by atoms with Crippen molar-refractivity contribution >= 4 is 18.3 Å². The van der Waals surface area contributed by atoms with Gasteiger partial charge in [-0.25, -0.2) is 0 Å². The van der Waals surface area contributed by atoms with E-state index in [1.54, 1.807) is 6.92 Å². The highest BCUT2D eigenvalue weighted by atomic mass is 35.5. The summed E-state index contributed by atoms with van der Waals surface area (Å²) in [5, 5.41) is 11.8. The molecule has 4 N–H and O–H groups in total. The quantitative estimate of drug-likeness (QED) is 0.662. The molecule has 3 unspecified atom stereocenters. The summed E-state index contributed by atoms with van der Waals surface area (Å²) in [6.07, 6.45) is 1.55. The van der Waals surface area contributed by atoms with Gasteiger partial charge in [0.15, 0.2) is 0 Å². The van der Waals surface area contributed by atoms with Crippen molar-refractivity contribution in [1.29, 1.82) is 0 Å². The summed E-state index contributed by atoms with van der Waals surface area (Å²) in [5.41, 5.74) is 5.08. The second-order valence-corrected chi connectivity index (χ2v) is 4.59. The summed E-state index contributed by atoms with van der Waals surface area (Å²) in [6.45, 7) is 7.57. The van der Waals surface area contributed by atoms with Gasteiger partial charge in [0.25, 0.3) is 0 Å². The van der Waals surface area contributed by atoms with E-state index in [0.29, 0.717) is 6.42 Å². The van der Waals surface area contributed by atoms with Crippen LogP contribution >= 0.6 is 12.4 Å². The molecule has 0 aliphatic carbocycles. The smallest absolute Gasteiger partial charge is 0.240 e. The Balaban J connectivity index is 0. The highest BCUT2D eigenvalue weighted by Crippen LogP contribution is 2.10. The second kappa shape index (κ2) is 7.87. The van der Waals surface area contributed by atoms with E-state index in [0.717, 1.165) is 6.42 Å². The Labute approximate surface area is 104 Å². The minimum atomic E-state index is -0.807. The lowest BCUT2D eigenvalue weighted by atomic mass is 9.95. The predicted molar refractivity (Wildman–Crippen MR) is 68.6 cm³/mol. The van der Waals surface area contributed by atoms with Crippen LogP contribution in [-0.2, 0) is 4.79 Å². The molecule has 0 bridgehead atoms. The maximum Gasteiger partial charge on any atom is 0.240 e. The molecule has 4 nitrogen and oxygen atoms in total. The molecule has 98 valence electrons.